The van der Waals surface area contributed by atoms with Crippen LogP contribution in [0.15, 0.2) is 24.3 Å². The summed E-state index contributed by atoms with van der Waals surface area (Å²) in [5.41, 5.74) is 3.84. The lowest BCUT2D eigenvalue weighted by molar-refractivity contribution is 0.352. The number of hydrogen-bond acceptors (Lipinski definition) is 3. The first-order chi connectivity index (χ1) is 8.65. The van der Waals surface area contributed by atoms with Crippen LogP contribution in [0.1, 0.15) is 30.5 Å². The van der Waals surface area contributed by atoms with Crippen molar-refractivity contribution < 1.29 is 9.47 Å². The second-order valence-electron chi connectivity index (χ2n) is 4.82. The molecule has 0 bridgehead atoms. The van der Waals surface area contributed by atoms with Crippen molar-refractivity contribution in [3.63, 3.8) is 0 Å². The molecule has 2 rings (SSSR count). The molecule has 1 atom stereocenters. The summed E-state index contributed by atoms with van der Waals surface area (Å²) in [4.78, 5) is 0. The van der Waals surface area contributed by atoms with Crippen molar-refractivity contribution in [2.24, 2.45) is 0 Å². The molecular formula is C15H21NO2. The Balaban J connectivity index is 2.40. The molecule has 3 heteroatoms. The lowest BCUT2D eigenvalue weighted by Crippen LogP contribution is -2.30. The Labute approximate surface area is 109 Å². The number of fused-ring (bicyclic) bond motifs is 1. The van der Waals surface area contributed by atoms with E-state index in [9.17, 15) is 0 Å². The van der Waals surface area contributed by atoms with E-state index in [2.05, 4.69) is 31.0 Å². The summed E-state index contributed by atoms with van der Waals surface area (Å²) in [6.07, 6.45) is 1.99. The topological polar surface area (TPSA) is 30.5 Å². The number of nitrogens with one attached hydrogen (secondary N) is 1. The smallest absolute Gasteiger partial charge is 0.161 e. The molecule has 98 valence electrons. The first-order valence-corrected chi connectivity index (χ1v) is 6.28. The van der Waals surface area contributed by atoms with E-state index in [1.54, 1.807) is 14.2 Å². The summed E-state index contributed by atoms with van der Waals surface area (Å²) in [7, 11) is 3.35. The Morgan fingerprint density at radius 3 is 2.61 bits per heavy atom. The van der Waals surface area contributed by atoms with Gasteiger partial charge in [0, 0.05) is 6.04 Å². The second kappa shape index (κ2) is 5.44. The summed E-state index contributed by atoms with van der Waals surface area (Å²) in [6.45, 7) is 7.07. The molecule has 1 aromatic carbocycles. The van der Waals surface area contributed by atoms with Crippen molar-refractivity contribution in [2.75, 3.05) is 20.8 Å². The zero-order chi connectivity index (χ0) is 13.1. The number of methoxy groups -OCH3 is 2. The van der Waals surface area contributed by atoms with E-state index in [1.807, 2.05) is 0 Å². The third-order valence-corrected chi connectivity index (χ3v) is 3.36. The van der Waals surface area contributed by atoms with Crippen LogP contribution >= 0.6 is 0 Å². The van der Waals surface area contributed by atoms with Gasteiger partial charge in [-0.15, -0.1) is 6.58 Å². The molecular weight excluding hydrogens is 226 g/mol. The molecule has 1 aliphatic rings. The maximum atomic E-state index is 5.38. The number of hydrogen-bond donors (Lipinski definition) is 1. The van der Waals surface area contributed by atoms with Gasteiger partial charge in [-0.05, 0) is 49.6 Å². The minimum atomic E-state index is 0.339. The zero-order valence-corrected chi connectivity index (χ0v) is 11.4. The van der Waals surface area contributed by atoms with E-state index in [-0.39, 0.29) is 0 Å². The Morgan fingerprint density at radius 1 is 1.33 bits per heavy atom. The van der Waals surface area contributed by atoms with Crippen LogP contribution in [0.5, 0.6) is 11.5 Å². The minimum Gasteiger partial charge on any atom is -0.493 e. The van der Waals surface area contributed by atoms with Crippen LogP contribution in [-0.2, 0) is 6.42 Å². The van der Waals surface area contributed by atoms with Gasteiger partial charge < -0.3 is 14.8 Å². The van der Waals surface area contributed by atoms with Crippen molar-refractivity contribution >= 4 is 0 Å². The Bertz CT molecular complexity index is 454. The average molecular weight is 247 g/mol. The Hall–Kier alpha value is -1.48. The first kappa shape index (κ1) is 13.0. The molecule has 1 heterocycles. The molecule has 0 amide bonds. The van der Waals surface area contributed by atoms with E-state index in [0.29, 0.717) is 6.04 Å². The fraction of sp³-hybridized carbons (Fsp3) is 0.467. The summed E-state index contributed by atoms with van der Waals surface area (Å²) < 4.78 is 10.7. The molecule has 0 unspecified atom stereocenters. The molecule has 18 heavy (non-hydrogen) atoms. The van der Waals surface area contributed by atoms with Gasteiger partial charge in [-0.2, -0.15) is 0 Å². The second-order valence-corrected chi connectivity index (χ2v) is 4.82. The molecule has 0 radical (unpaired) electrons. The third-order valence-electron chi connectivity index (χ3n) is 3.36. The quantitative estimate of drug-likeness (QED) is 0.830. The van der Waals surface area contributed by atoms with Gasteiger partial charge in [0.25, 0.3) is 0 Å². The van der Waals surface area contributed by atoms with Crippen LogP contribution in [0.25, 0.3) is 0 Å². The predicted octanol–water partition coefficient (Wildman–Crippen LogP) is 2.86. The lowest BCUT2D eigenvalue weighted by Gasteiger charge is -2.28. The molecule has 0 aliphatic carbocycles. The van der Waals surface area contributed by atoms with Crippen LogP contribution in [0, 0.1) is 0 Å². The highest BCUT2D eigenvalue weighted by atomic mass is 16.5. The minimum absolute atomic E-state index is 0.339. The van der Waals surface area contributed by atoms with Crippen LogP contribution in [-0.4, -0.2) is 20.8 Å². The van der Waals surface area contributed by atoms with Crippen LogP contribution in [0.4, 0.5) is 0 Å². The molecule has 0 saturated carbocycles. The maximum absolute atomic E-state index is 5.38. The Morgan fingerprint density at radius 2 is 2.00 bits per heavy atom. The van der Waals surface area contributed by atoms with E-state index < -0.39 is 0 Å². The lowest BCUT2D eigenvalue weighted by atomic mass is 9.90. The monoisotopic (exact) mass is 247 g/mol. The van der Waals surface area contributed by atoms with Gasteiger partial charge in [0.1, 0.15) is 0 Å². The van der Waals surface area contributed by atoms with Gasteiger partial charge in [-0.1, -0.05) is 5.57 Å². The van der Waals surface area contributed by atoms with Gasteiger partial charge in [0.15, 0.2) is 11.5 Å². The third kappa shape index (κ3) is 2.51. The van der Waals surface area contributed by atoms with Gasteiger partial charge in [-0.25, -0.2) is 0 Å². The SMILES string of the molecule is C=C(C)C[C@@H]1NCCc2cc(OC)c(OC)cc21. The normalized spacial score (nSPS) is 18.1. The summed E-state index contributed by atoms with van der Waals surface area (Å²) in [5, 5.41) is 3.54. The first-order valence-electron chi connectivity index (χ1n) is 6.28. The fourth-order valence-corrected chi connectivity index (χ4v) is 2.50. The van der Waals surface area contributed by atoms with E-state index in [1.165, 1.54) is 16.7 Å². The molecule has 0 aromatic heterocycles. The highest BCUT2D eigenvalue weighted by Crippen LogP contribution is 2.36. The summed E-state index contributed by atoms with van der Waals surface area (Å²) in [6, 6.07) is 4.53. The molecule has 1 aromatic rings. The highest BCUT2D eigenvalue weighted by molar-refractivity contribution is 5.49. The highest BCUT2D eigenvalue weighted by Gasteiger charge is 2.22. The van der Waals surface area contributed by atoms with Crippen LogP contribution in [0.3, 0.4) is 0 Å². The molecule has 3 nitrogen and oxygen atoms in total. The molecule has 1 aliphatic heterocycles. The number of ether oxygens (including phenoxy) is 2. The predicted molar refractivity (Wildman–Crippen MR) is 73.4 cm³/mol. The standard InChI is InChI=1S/C15H21NO2/c1-10(2)7-13-12-9-15(18-4)14(17-3)8-11(12)5-6-16-13/h8-9,13,16H,1,5-7H2,2-4H3/t13-/m0/s1. The van der Waals surface area contributed by atoms with E-state index in [0.717, 1.165) is 30.9 Å². The van der Waals surface area contributed by atoms with Crippen LogP contribution < -0.4 is 14.8 Å². The van der Waals surface area contributed by atoms with E-state index in [4.69, 9.17) is 9.47 Å². The van der Waals surface area contributed by atoms with Gasteiger partial charge >= 0.3 is 0 Å². The van der Waals surface area contributed by atoms with Crippen molar-refractivity contribution in [3.05, 3.63) is 35.4 Å². The maximum Gasteiger partial charge on any atom is 0.161 e. The van der Waals surface area contributed by atoms with Gasteiger partial charge in [0.05, 0.1) is 14.2 Å². The Kier molecular flexibility index (Phi) is 3.92. The molecule has 0 saturated heterocycles. The van der Waals surface area contributed by atoms with Crippen molar-refractivity contribution in [1.82, 2.24) is 5.32 Å². The number of benzene rings is 1. The summed E-state index contributed by atoms with van der Waals surface area (Å²) in [5.74, 6) is 1.61. The largest absolute Gasteiger partial charge is 0.493 e. The van der Waals surface area contributed by atoms with Crippen LogP contribution in [0.2, 0.25) is 0 Å². The van der Waals surface area contributed by atoms with Gasteiger partial charge in [-0.3, -0.25) is 0 Å². The average Bonchev–Trinajstić information content (AvgIpc) is 2.37. The van der Waals surface area contributed by atoms with Crippen molar-refractivity contribution in [1.29, 1.82) is 0 Å². The molecule has 0 fully saturated rings. The van der Waals surface area contributed by atoms with Crippen molar-refractivity contribution in [3.8, 4) is 11.5 Å². The number of rotatable bonds is 4. The molecule has 0 spiro atoms. The molecule has 1 N–H and O–H groups in total. The van der Waals surface area contributed by atoms with E-state index >= 15 is 0 Å². The zero-order valence-electron chi connectivity index (χ0n) is 11.4. The fourth-order valence-electron chi connectivity index (χ4n) is 2.50. The van der Waals surface area contributed by atoms with Gasteiger partial charge in [0.2, 0.25) is 0 Å². The summed E-state index contributed by atoms with van der Waals surface area (Å²) >= 11 is 0. The van der Waals surface area contributed by atoms with Crippen molar-refractivity contribution in [2.45, 2.75) is 25.8 Å².